The first-order chi connectivity index (χ1) is 13.0. The third kappa shape index (κ3) is 4.73. The Morgan fingerprint density at radius 2 is 2.00 bits per heavy atom. The van der Waals surface area contributed by atoms with E-state index in [0.717, 1.165) is 24.1 Å². The second kappa shape index (κ2) is 8.63. The van der Waals surface area contributed by atoms with Crippen LogP contribution in [0.15, 0.2) is 36.4 Å². The zero-order valence-corrected chi connectivity index (χ0v) is 16.4. The van der Waals surface area contributed by atoms with Crippen LogP contribution >= 0.6 is 23.2 Å². The summed E-state index contributed by atoms with van der Waals surface area (Å²) in [7, 11) is 0. The highest BCUT2D eigenvalue weighted by atomic mass is 35.5. The fourth-order valence-corrected chi connectivity index (χ4v) is 3.50. The van der Waals surface area contributed by atoms with Crippen LogP contribution in [0.1, 0.15) is 25.3 Å². The molecule has 0 bridgehead atoms. The quantitative estimate of drug-likeness (QED) is 0.782. The number of ether oxygens (including phenoxy) is 1. The Labute approximate surface area is 168 Å². The molecule has 7 heteroatoms. The van der Waals surface area contributed by atoms with E-state index in [-0.39, 0.29) is 18.4 Å². The minimum absolute atomic E-state index is 0.0835. The third-order valence-corrected chi connectivity index (χ3v) is 4.87. The Morgan fingerprint density at radius 1 is 1.19 bits per heavy atom. The van der Waals surface area contributed by atoms with Gasteiger partial charge in [-0.1, -0.05) is 36.2 Å². The molecule has 2 aromatic carbocycles. The second-order valence-electron chi connectivity index (χ2n) is 6.26. The number of benzene rings is 2. The lowest BCUT2D eigenvalue weighted by Gasteiger charge is -2.29. The lowest BCUT2D eigenvalue weighted by molar-refractivity contribution is -0.119. The van der Waals surface area contributed by atoms with Gasteiger partial charge >= 0.3 is 0 Å². The van der Waals surface area contributed by atoms with Crippen molar-refractivity contribution in [2.75, 3.05) is 23.4 Å². The summed E-state index contributed by atoms with van der Waals surface area (Å²) in [5.74, 6) is 0.159. The summed E-state index contributed by atoms with van der Waals surface area (Å²) < 4.78 is 5.45. The molecule has 0 radical (unpaired) electrons. The summed E-state index contributed by atoms with van der Waals surface area (Å²) in [6.45, 7) is 2.37. The molecule has 2 aromatic rings. The van der Waals surface area contributed by atoms with Crippen LogP contribution in [-0.2, 0) is 16.0 Å². The lowest BCUT2D eigenvalue weighted by atomic mass is 10.0. The Bertz CT molecular complexity index is 870. The Hall–Kier alpha value is -2.24. The van der Waals surface area contributed by atoms with Crippen molar-refractivity contribution in [1.29, 1.82) is 0 Å². The van der Waals surface area contributed by atoms with E-state index in [0.29, 0.717) is 34.4 Å². The number of carbonyl (C=O) groups excluding carboxylic acids is 2. The van der Waals surface area contributed by atoms with Crippen LogP contribution in [0.4, 0.5) is 11.4 Å². The van der Waals surface area contributed by atoms with Gasteiger partial charge in [0.1, 0.15) is 5.75 Å². The van der Waals surface area contributed by atoms with Gasteiger partial charge in [-0.3, -0.25) is 9.59 Å². The van der Waals surface area contributed by atoms with Gasteiger partial charge in [-0.25, -0.2) is 0 Å². The second-order valence-corrected chi connectivity index (χ2v) is 7.10. The smallest absolute Gasteiger partial charge is 0.262 e. The predicted octanol–water partition coefficient (Wildman–Crippen LogP) is 4.70. The van der Waals surface area contributed by atoms with Crippen molar-refractivity contribution in [2.24, 2.45) is 0 Å². The Morgan fingerprint density at radius 3 is 2.74 bits per heavy atom. The average molecular weight is 407 g/mol. The fraction of sp³-hybridized carbons (Fsp3) is 0.300. The van der Waals surface area contributed by atoms with Crippen molar-refractivity contribution in [3.05, 3.63) is 52.0 Å². The maximum absolute atomic E-state index is 12.2. The first kappa shape index (κ1) is 19.5. The number of carbonyl (C=O) groups is 2. The molecule has 1 N–H and O–H groups in total. The number of rotatable bonds is 5. The van der Waals surface area contributed by atoms with Crippen molar-refractivity contribution in [2.45, 2.75) is 26.2 Å². The van der Waals surface area contributed by atoms with Crippen LogP contribution in [0.3, 0.4) is 0 Å². The molecular weight excluding hydrogens is 387 g/mol. The Balaban J connectivity index is 1.67. The van der Waals surface area contributed by atoms with Gasteiger partial charge in [0.15, 0.2) is 6.61 Å². The summed E-state index contributed by atoms with van der Waals surface area (Å²) >= 11 is 11.9. The minimum atomic E-state index is -0.315. The maximum atomic E-state index is 12.2. The fourth-order valence-electron chi connectivity index (χ4n) is 3.03. The third-order valence-electron chi connectivity index (χ3n) is 4.34. The normalized spacial score (nSPS) is 13.1. The van der Waals surface area contributed by atoms with Crippen LogP contribution in [-0.4, -0.2) is 25.0 Å². The molecule has 2 amide bonds. The van der Waals surface area contributed by atoms with Gasteiger partial charge in [0.25, 0.3) is 5.91 Å². The van der Waals surface area contributed by atoms with E-state index in [1.165, 1.54) is 0 Å². The van der Waals surface area contributed by atoms with Crippen LogP contribution in [0.5, 0.6) is 5.75 Å². The summed E-state index contributed by atoms with van der Waals surface area (Å²) in [5.41, 5.74) is 2.61. The molecule has 3 rings (SSSR count). The molecule has 0 saturated carbocycles. The minimum Gasteiger partial charge on any atom is -0.482 e. The van der Waals surface area contributed by atoms with E-state index in [9.17, 15) is 9.59 Å². The monoisotopic (exact) mass is 406 g/mol. The number of nitrogens with zero attached hydrogens (tertiary/aromatic N) is 1. The van der Waals surface area contributed by atoms with Crippen molar-refractivity contribution < 1.29 is 14.3 Å². The van der Waals surface area contributed by atoms with Gasteiger partial charge in [0.05, 0.1) is 5.02 Å². The number of hydrogen-bond acceptors (Lipinski definition) is 3. The number of amides is 2. The number of hydrogen-bond donors (Lipinski definition) is 1. The number of halogens is 2. The largest absolute Gasteiger partial charge is 0.482 e. The zero-order chi connectivity index (χ0) is 19.4. The molecule has 0 saturated heterocycles. The highest BCUT2D eigenvalue weighted by molar-refractivity contribution is 6.35. The molecule has 1 aliphatic heterocycles. The summed E-state index contributed by atoms with van der Waals surface area (Å²) in [6, 6.07) is 10.5. The first-order valence-corrected chi connectivity index (χ1v) is 9.54. The molecule has 0 atom stereocenters. The van der Waals surface area contributed by atoms with E-state index in [4.69, 9.17) is 27.9 Å². The predicted molar refractivity (Wildman–Crippen MR) is 108 cm³/mol. The van der Waals surface area contributed by atoms with Crippen LogP contribution in [0.2, 0.25) is 10.0 Å². The summed E-state index contributed by atoms with van der Waals surface area (Å²) in [6.07, 6.45) is 2.32. The maximum Gasteiger partial charge on any atom is 0.262 e. The molecule has 142 valence electrons. The number of aryl methyl sites for hydroxylation is 1. The number of fused-ring (bicyclic) bond motifs is 1. The van der Waals surface area contributed by atoms with E-state index < -0.39 is 0 Å². The molecule has 1 aliphatic rings. The molecule has 0 fully saturated rings. The summed E-state index contributed by atoms with van der Waals surface area (Å²) in [5, 5.41) is 3.64. The van der Waals surface area contributed by atoms with E-state index in [1.807, 2.05) is 25.1 Å². The lowest BCUT2D eigenvalue weighted by Crippen LogP contribution is -2.35. The molecular formula is C20H20Cl2N2O3. The molecule has 0 aromatic heterocycles. The molecule has 5 nitrogen and oxygen atoms in total. The molecule has 0 aliphatic carbocycles. The topological polar surface area (TPSA) is 58.6 Å². The Kier molecular flexibility index (Phi) is 6.24. The van der Waals surface area contributed by atoms with Gasteiger partial charge in [-0.15, -0.1) is 0 Å². The van der Waals surface area contributed by atoms with Crippen LogP contribution < -0.4 is 15.0 Å². The van der Waals surface area contributed by atoms with E-state index >= 15 is 0 Å². The number of anilines is 2. The highest BCUT2D eigenvalue weighted by Gasteiger charge is 2.22. The zero-order valence-electron chi connectivity index (χ0n) is 14.9. The van der Waals surface area contributed by atoms with Gasteiger partial charge in [0.2, 0.25) is 5.91 Å². The van der Waals surface area contributed by atoms with Crippen LogP contribution in [0.25, 0.3) is 0 Å². The molecule has 27 heavy (non-hydrogen) atoms. The van der Waals surface area contributed by atoms with E-state index in [1.54, 1.807) is 23.1 Å². The van der Waals surface area contributed by atoms with Gasteiger partial charge < -0.3 is 15.0 Å². The standard InChI is InChI=1S/C20H20Cl2N2O3/c1-2-20(26)24-9-3-4-13-5-7-15(11-17(13)24)23-19(25)12-27-18-8-6-14(21)10-16(18)22/h5-8,10-11H,2-4,9,12H2,1H3,(H,23,25). The van der Waals surface area contributed by atoms with Crippen LogP contribution in [0, 0.1) is 0 Å². The van der Waals surface area contributed by atoms with Gasteiger partial charge in [-0.05, 0) is 48.7 Å². The SMILES string of the molecule is CCC(=O)N1CCCc2ccc(NC(=O)COc3ccc(Cl)cc3Cl)cc21. The molecule has 0 spiro atoms. The molecule has 0 unspecified atom stereocenters. The van der Waals surface area contributed by atoms with Crippen molar-refractivity contribution in [3.8, 4) is 5.75 Å². The van der Waals surface area contributed by atoms with Gasteiger partial charge in [-0.2, -0.15) is 0 Å². The van der Waals surface area contributed by atoms with E-state index in [2.05, 4.69) is 5.32 Å². The first-order valence-electron chi connectivity index (χ1n) is 8.79. The summed E-state index contributed by atoms with van der Waals surface area (Å²) in [4.78, 5) is 26.2. The van der Waals surface area contributed by atoms with Crippen molar-refractivity contribution >= 4 is 46.4 Å². The molecule has 1 heterocycles. The van der Waals surface area contributed by atoms with Crippen molar-refractivity contribution in [1.82, 2.24) is 0 Å². The number of nitrogens with one attached hydrogen (secondary N) is 1. The van der Waals surface area contributed by atoms with Gasteiger partial charge in [0, 0.05) is 29.4 Å². The average Bonchev–Trinajstić information content (AvgIpc) is 2.66. The highest BCUT2D eigenvalue weighted by Crippen LogP contribution is 2.31. The van der Waals surface area contributed by atoms with Crippen molar-refractivity contribution in [3.63, 3.8) is 0 Å².